The van der Waals surface area contributed by atoms with Crippen LogP contribution in [0.1, 0.15) is 53.3 Å². The molecule has 1 unspecified atom stereocenters. The lowest BCUT2D eigenvalue weighted by Crippen LogP contribution is -2.31. The molecule has 214 valence electrons. The van der Waals surface area contributed by atoms with Crippen LogP contribution >= 0.6 is 22.6 Å². The average molecular weight is 687 g/mol. The Morgan fingerprint density at radius 3 is 2.62 bits per heavy atom. The van der Waals surface area contributed by atoms with Gasteiger partial charge in [-0.2, -0.15) is 0 Å². The molecule has 0 saturated heterocycles. The molecule has 0 spiro atoms. The van der Waals surface area contributed by atoms with Crippen molar-refractivity contribution in [3.05, 3.63) is 80.7 Å². The number of nitrogens with one attached hydrogen (secondary N) is 3. The van der Waals surface area contributed by atoms with Crippen LogP contribution in [0.15, 0.2) is 53.6 Å². The quantitative estimate of drug-likeness (QED) is 0.149. The van der Waals surface area contributed by atoms with Crippen LogP contribution in [0.3, 0.4) is 0 Å². The number of hydrogen-bond donors (Lipinski definition) is 4. The van der Waals surface area contributed by atoms with E-state index < -0.39 is 49.8 Å². The third-order valence-electron chi connectivity index (χ3n) is 6.33. The van der Waals surface area contributed by atoms with Crippen LogP contribution in [0.2, 0.25) is 0 Å². The molecule has 0 aliphatic heterocycles. The van der Waals surface area contributed by atoms with E-state index in [1.165, 1.54) is 6.20 Å². The third kappa shape index (κ3) is 7.51. The SMILES string of the molecule is Cc1cc(I)ccc1Nc1c(C(=O)NOCC2CC2)cc(S(=O)(=O)NC(CCCO)c2ccccn2)c(F)c1F. The van der Waals surface area contributed by atoms with E-state index >= 15 is 8.78 Å². The average Bonchev–Trinajstić information content (AvgIpc) is 3.75. The third-order valence-corrected chi connectivity index (χ3v) is 8.47. The highest BCUT2D eigenvalue weighted by Gasteiger charge is 2.32. The van der Waals surface area contributed by atoms with Gasteiger partial charge in [-0.3, -0.25) is 14.6 Å². The number of hydroxylamine groups is 1. The Kier molecular flexibility index (Phi) is 10.1. The summed E-state index contributed by atoms with van der Waals surface area (Å²) in [5.41, 5.74) is 2.66. The minimum atomic E-state index is -4.71. The lowest BCUT2D eigenvalue weighted by atomic mass is 10.1. The zero-order valence-electron chi connectivity index (χ0n) is 21.6. The fourth-order valence-corrected chi connectivity index (χ4v) is 5.95. The Balaban J connectivity index is 1.74. The lowest BCUT2D eigenvalue weighted by Gasteiger charge is -2.20. The zero-order chi connectivity index (χ0) is 28.9. The molecule has 3 aromatic rings. The van der Waals surface area contributed by atoms with Gasteiger partial charge in [-0.25, -0.2) is 27.4 Å². The number of nitrogens with zero attached hydrogens (tertiary/aromatic N) is 1. The van der Waals surface area contributed by atoms with Gasteiger partial charge < -0.3 is 10.4 Å². The molecular weight excluding hydrogens is 657 g/mol. The van der Waals surface area contributed by atoms with Crippen LogP contribution in [-0.4, -0.2) is 37.6 Å². The highest BCUT2D eigenvalue weighted by molar-refractivity contribution is 14.1. The first-order valence-electron chi connectivity index (χ1n) is 12.6. The van der Waals surface area contributed by atoms with Crippen molar-refractivity contribution in [1.29, 1.82) is 0 Å². The van der Waals surface area contributed by atoms with Gasteiger partial charge in [0.2, 0.25) is 10.0 Å². The van der Waals surface area contributed by atoms with Gasteiger partial charge in [0.25, 0.3) is 5.91 Å². The molecule has 1 saturated carbocycles. The van der Waals surface area contributed by atoms with E-state index in [-0.39, 0.29) is 26.1 Å². The number of amides is 1. The maximum atomic E-state index is 15.6. The fourth-order valence-electron chi connectivity index (χ4n) is 3.96. The summed E-state index contributed by atoms with van der Waals surface area (Å²) in [5, 5.41) is 12.0. The summed E-state index contributed by atoms with van der Waals surface area (Å²) in [5.74, 6) is -3.84. The summed E-state index contributed by atoms with van der Waals surface area (Å²) < 4.78 is 61.2. The van der Waals surface area contributed by atoms with Gasteiger partial charge in [-0.15, -0.1) is 0 Å². The van der Waals surface area contributed by atoms with Crippen molar-refractivity contribution in [2.45, 2.75) is 43.5 Å². The van der Waals surface area contributed by atoms with Crippen molar-refractivity contribution in [2.24, 2.45) is 5.92 Å². The van der Waals surface area contributed by atoms with Gasteiger partial charge in [0.05, 0.1) is 29.6 Å². The van der Waals surface area contributed by atoms with Gasteiger partial charge in [0, 0.05) is 22.1 Å². The zero-order valence-corrected chi connectivity index (χ0v) is 24.6. The number of aliphatic hydroxyl groups is 1. The Labute approximate surface area is 244 Å². The molecule has 40 heavy (non-hydrogen) atoms. The van der Waals surface area contributed by atoms with E-state index in [4.69, 9.17) is 4.84 Å². The smallest absolute Gasteiger partial charge is 0.277 e. The molecule has 0 bridgehead atoms. The molecule has 0 radical (unpaired) electrons. The minimum Gasteiger partial charge on any atom is -0.396 e. The summed E-state index contributed by atoms with van der Waals surface area (Å²) >= 11 is 2.11. The van der Waals surface area contributed by atoms with Crippen LogP contribution in [0.4, 0.5) is 20.2 Å². The Morgan fingerprint density at radius 1 is 1.20 bits per heavy atom. The number of aromatic nitrogens is 1. The second-order valence-electron chi connectivity index (χ2n) is 9.49. The summed E-state index contributed by atoms with van der Waals surface area (Å²) in [7, 11) is -4.71. The first-order valence-corrected chi connectivity index (χ1v) is 15.2. The number of aliphatic hydroxyl groups excluding tert-OH is 1. The molecule has 9 nitrogen and oxygen atoms in total. The highest BCUT2D eigenvalue weighted by Crippen LogP contribution is 2.33. The van der Waals surface area contributed by atoms with Crippen molar-refractivity contribution in [1.82, 2.24) is 15.2 Å². The predicted molar refractivity (Wildman–Crippen MR) is 153 cm³/mol. The molecule has 4 N–H and O–H groups in total. The first-order chi connectivity index (χ1) is 19.1. The van der Waals surface area contributed by atoms with Crippen molar-refractivity contribution in [2.75, 3.05) is 18.5 Å². The number of aryl methyl sites for hydroxylation is 1. The molecule has 2 aromatic carbocycles. The normalized spacial score (nSPS) is 14.1. The number of anilines is 2. The number of benzene rings is 2. The van der Waals surface area contributed by atoms with Crippen LogP contribution in [0, 0.1) is 28.0 Å². The fraction of sp³-hybridized carbons (Fsp3) is 0.333. The molecule has 1 aromatic heterocycles. The van der Waals surface area contributed by atoms with Crippen LogP contribution in [0.5, 0.6) is 0 Å². The molecular formula is C27H29F2IN4O5S. The number of pyridine rings is 1. The number of rotatable bonds is 13. The van der Waals surface area contributed by atoms with Gasteiger partial charge in [-0.1, -0.05) is 6.07 Å². The molecule has 13 heteroatoms. The number of carbonyl (C=O) groups excluding carboxylic acids is 1. The number of hydrogen-bond acceptors (Lipinski definition) is 7. The topological polar surface area (TPSA) is 130 Å². The van der Waals surface area contributed by atoms with Crippen molar-refractivity contribution in [3.8, 4) is 0 Å². The maximum absolute atomic E-state index is 15.6. The van der Waals surface area contributed by atoms with Crippen LogP contribution < -0.4 is 15.5 Å². The second kappa shape index (κ2) is 13.3. The molecule has 1 amide bonds. The molecule has 1 heterocycles. The van der Waals surface area contributed by atoms with E-state index in [1.54, 1.807) is 37.3 Å². The number of carbonyl (C=O) groups is 1. The van der Waals surface area contributed by atoms with Gasteiger partial charge in [0.1, 0.15) is 4.90 Å². The Hall–Kier alpha value is -2.72. The van der Waals surface area contributed by atoms with E-state index in [0.29, 0.717) is 22.9 Å². The highest BCUT2D eigenvalue weighted by atomic mass is 127. The van der Waals surface area contributed by atoms with E-state index in [9.17, 15) is 18.3 Å². The summed E-state index contributed by atoms with van der Waals surface area (Å²) in [6, 6.07) is 9.92. The second-order valence-corrected chi connectivity index (χ2v) is 12.4. The van der Waals surface area contributed by atoms with Crippen LogP contribution in [0.25, 0.3) is 0 Å². The van der Waals surface area contributed by atoms with E-state index in [1.807, 2.05) is 6.07 Å². The molecule has 1 atom stereocenters. The van der Waals surface area contributed by atoms with Crippen LogP contribution in [-0.2, 0) is 14.9 Å². The van der Waals surface area contributed by atoms with E-state index in [2.05, 4.69) is 43.1 Å². The van der Waals surface area contributed by atoms with Gasteiger partial charge >= 0.3 is 0 Å². The Bertz CT molecular complexity index is 1470. The summed E-state index contributed by atoms with van der Waals surface area (Å²) in [6.45, 7) is 1.79. The first kappa shape index (κ1) is 30.2. The van der Waals surface area contributed by atoms with E-state index in [0.717, 1.165) is 22.5 Å². The number of sulfonamides is 1. The maximum Gasteiger partial charge on any atom is 0.277 e. The molecule has 1 aliphatic carbocycles. The molecule has 4 rings (SSSR count). The summed E-state index contributed by atoms with van der Waals surface area (Å²) in [6.07, 6.45) is 3.76. The number of halogens is 3. The minimum absolute atomic E-state index is 0.144. The van der Waals surface area contributed by atoms with Crippen molar-refractivity contribution in [3.63, 3.8) is 0 Å². The standard InChI is InChI=1S/C27H29F2IN4O5S/c1-16-13-18(30)9-10-20(16)32-26-19(27(36)33-39-15-17-7-8-17)14-23(24(28)25(26)29)40(37,38)34-22(6-4-12-35)21-5-2-3-11-31-21/h2-3,5,9-11,13-14,17,22,32,34-35H,4,6-8,12,15H2,1H3,(H,33,36). The molecule has 1 aliphatic rings. The van der Waals surface area contributed by atoms with Crippen molar-refractivity contribution < 1.29 is 31.9 Å². The molecule has 1 fully saturated rings. The van der Waals surface area contributed by atoms with Gasteiger partial charge in [0.15, 0.2) is 11.6 Å². The van der Waals surface area contributed by atoms with Crippen molar-refractivity contribution >= 4 is 49.9 Å². The lowest BCUT2D eigenvalue weighted by molar-refractivity contribution is 0.0270. The summed E-state index contributed by atoms with van der Waals surface area (Å²) in [4.78, 5) is 21.5. The Morgan fingerprint density at radius 2 is 1.98 bits per heavy atom. The predicted octanol–water partition coefficient (Wildman–Crippen LogP) is 4.88. The van der Waals surface area contributed by atoms with Gasteiger partial charge in [-0.05, 0) is 103 Å². The monoisotopic (exact) mass is 686 g/mol. The largest absolute Gasteiger partial charge is 0.396 e.